The van der Waals surface area contributed by atoms with Crippen LogP contribution in [0.15, 0.2) is 76.3 Å². The first-order valence-electron chi connectivity index (χ1n) is 8.70. The first-order chi connectivity index (χ1) is 14.1. The standard InChI is InChI=1S/C22H18BrClN2O3/c1-28-20-11-8-17(23)12-16(20)13-25-26-22(27)19-4-2-3-5-21(19)29-14-15-6-9-18(24)10-7-15/h2-13H,14H2,1H3,(H,26,27). The quantitative estimate of drug-likeness (QED) is 0.366. The third-order valence-electron chi connectivity index (χ3n) is 4.00. The van der Waals surface area contributed by atoms with Crippen LogP contribution in [0.25, 0.3) is 0 Å². The zero-order chi connectivity index (χ0) is 20.6. The summed E-state index contributed by atoms with van der Waals surface area (Å²) in [4.78, 5) is 12.6. The smallest absolute Gasteiger partial charge is 0.275 e. The average Bonchev–Trinajstić information content (AvgIpc) is 2.73. The zero-order valence-electron chi connectivity index (χ0n) is 15.6. The fourth-order valence-electron chi connectivity index (χ4n) is 2.55. The van der Waals surface area contributed by atoms with E-state index >= 15 is 0 Å². The molecule has 0 aliphatic rings. The molecule has 0 aliphatic carbocycles. The predicted octanol–water partition coefficient (Wildman–Crippen LogP) is 5.45. The molecule has 0 aliphatic heterocycles. The van der Waals surface area contributed by atoms with E-state index in [0.717, 1.165) is 15.6 Å². The van der Waals surface area contributed by atoms with E-state index in [1.54, 1.807) is 37.4 Å². The monoisotopic (exact) mass is 472 g/mol. The molecule has 3 aromatic carbocycles. The molecule has 148 valence electrons. The second-order valence-electron chi connectivity index (χ2n) is 6.00. The molecule has 7 heteroatoms. The summed E-state index contributed by atoms with van der Waals surface area (Å²) in [5, 5.41) is 4.70. The Bertz CT molecular complexity index is 1020. The van der Waals surface area contributed by atoms with E-state index in [2.05, 4.69) is 26.5 Å². The number of nitrogens with zero attached hydrogens (tertiary/aromatic N) is 1. The van der Waals surface area contributed by atoms with Crippen molar-refractivity contribution in [3.8, 4) is 11.5 Å². The van der Waals surface area contributed by atoms with Gasteiger partial charge in [-0.3, -0.25) is 4.79 Å². The molecule has 29 heavy (non-hydrogen) atoms. The number of halogens is 2. The van der Waals surface area contributed by atoms with E-state index in [9.17, 15) is 4.79 Å². The van der Waals surface area contributed by atoms with Crippen molar-refractivity contribution in [1.29, 1.82) is 0 Å². The van der Waals surface area contributed by atoms with E-state index < -0.39 is 0 Å². The number of hydrazone groups is 1. The summed E-state index contributed by atoms with van der Waals surface area (Å²) in [7, 11) is 1.58. The van der Waals surface area contributed by atoms with Gasteiger partial charge in [0.2, 0.25) is 0 Å². The van der Waals surface area contributed by atoms with Gasteiger partial charge in [0.05, 0.1) is 18.9 Å². The molecule has 0 spiro atoms. The molecule has 0 saturated carbocycles. The maximum Gasteiger partial charge on any atom is 0.275 e. The Morgan fingerprint density at radius 3 is 2.62 bits per heavy atom. The van der Waals surface area contributed by atoms with Gasteiger partial charge in [-0.25, -0.2) is 5.43 Å². The number of rotatable bonds is 7. The van der Waals surface area contributed by atoms with Gasteiger partial charge >= 0.3 is 0 Å². The largest absolute Gasteiger partial charge is 0.496 e. The van der Waals surface area contributed by atoms with Crippen LogP contribution in [-0.4, -0.2) is 19.2 Å². The Labute approximate surface area is 182 Å². The van der Waals surface area contributed by atoms with Crippen molar-refractivity contribution < 1.29 is 14.3 Å². The summed E-state index contributed by atoms with van der Waals surface area (Å²) in [6.07, 6.45) is 1.53. The summed E-state index contributed by atoms with van der Waals surface area (Å²) in [5.74, 6) is 0.745. The van der Waals surface area contributed by atoms with E-state index in [-0.39, 0.29) is 5.91 Å². The lowest BCUT2D eigenvalue weighted by molar-refractivity contribution is 0.0950. The minimum absolute atomic E-state index is 0.319. The van der Waals surface area contributed by atoms with Crippen LogP contribution in [0.5, 0.6) is 11.5 Å². The van der Waals surface area contributed by atoms with E-state index in [4.69, 9.17) is 21.1 Å². The topological polar surface area (TPSA) is 59.9 Å². The SMILES string of the molecule is COc1ccc(Br)cc1C=NNC(=O)c1ccccc1OCc1ccc(Cl)cc1. The molecular weight excluding hydrogens is 456 g/mol. The van der Waals surface area contributed by atoms with Crippen molar-refractivity contribution in [2.75, 3.05) is 7.11 Å². The number of carbonyl (C=O) groups is 1. The summed E-state index contributed by atoms with van der Waals surface area (Å²) >= 11 is 9.30. The summed E-state index contributed by atoms with van der Waals surface area (Å²) < 4.78 is 12.0. The van der Waals surface area contributed by atoms with Crippen molar-refractivity contribution in [2.45, 2.75) is 6.61 Å². The molecule has 1 N–H and O–H groups in total. The van der Waals surface area contributed by atoms with Gasteiger partial charge in [-0.15, -0.1) is 0 Å². The van der Waals surface area contributed by atoms with E-state index in [1.165, 1.54) is 6.21 Å². The number of hydrogen-bond donors (Lipinski definition) is 1. The summed E-state index contributed by atoms with van der Waals surface area (Å²) in [5.41, 5.74) is 4.59. The van der Waals surface area contributed by atoms with Crippen molar-refractivity contribution >= 4 is 39.7 Å². The Balaban J connectivity index is 1.68. The fraction of sp³-hybridized carbons (Fsp3) is 0.0909. The molecule has 1 amide bonds. The van der Waals surface area contributed by atoms with Crippen LogP contribution >= 0.6 is 27.5 Å². The van der Waals surface area contributed by atoms with Gasteiger partial charge < -0.3 is 9.47 Å². The lowest BCUT2D eigenvalue weighted by atomic mass is 10.2. The van der Waals surface area contributed by atoms with Gasteiger partial charge in [0.15, 0.2) is 0 Å². The van der Waals surface area contributed by atoms with Gasteiger partial charge in [-0.05, 0) is 48.0 Å². The highest BCUT2D eigenvalue weighted by atomic mass is 79.9. The Hall–Kier alpha value is -2.83. The van der Waals surface area contributed by atoms with Gasteiger partial charge in [0, 0.05) is 15.1 Å². The average molecular weight is 474 g/mol. The van der Waals surface area contributed by atoms with Crippen LogP contribution in [0.3, 0.4) is 0 Å². The first-order valence-corrected chi connectivity index (χ1v) is 9.87. The summed E-state index contributed by atoms with van der Waals surface area (Å²) in [6.45, 7) is 0.319. The van der Waals surface area contributed by atoms with Gasteiger partial charge in [0.1, 0.15) is 18.1 Å². The van der Waals surface area contributed by atoms with E-state index in [1.807, 2.05) is 36.4 Å². The van der Waals surface area contributed by atoms with Crippen molar-refractivity contribution in [3.63, 3.8) is 0 Å². The van der Waals surface area contributed by atoms with Crippen molar-refractivity contribution in [1.82, 2.24) is 5.43 Å². The van der Waals surface area contributed by atoms with Crippen molar-refractivity contribution in [3.05, 3.63) is 92.9 Å². The minimum Gasteiger partial charge on any atom is -0.496 e. The molecule has 0 fully saturated rings. The van der Waals surface area contributed by atoms with Crippen LogP contribution in [0, 0.1) is 0 Å². The Morgan fingerprint density at radius 1 is 1.10 bits per heavy atom. The van der Waals surface area contributed by atoms with Crippen LogP contribution in [0.2, 0.25) is 5.02 Å². The van der Waals surface area contributed by atoms with Gasteiger partial charge in [0.25, 0.3) is 5.91 Å². The number of ether oxygens (including phenoxy) is 2. The molecule has 3 rings (SSSR count). The third-order valence-corrected chi connectivity index (χ3v) is 4.75. The maximum absolute atomic E-state index is 12.6. The highest BCUT2D eigenvalue weighted by Gasteiger charge is 2.12. The van der Waals surface area contributed by atoms with Gasteiger partial charge in [-0.2, -0.15) is 5.10 Å². The molecule has 0 heterocycles. The fourth-order valence-corrected chi connectivity index (χ4v) is 3.05. The molecule has 3 aromatic rings. The van der Waals surface area contributed by atoms with Crippen molar-refractivity contribution in [2.24, 2.45) is 5.10 Å². The number of amides is 1. The number of hydrogen-bond acceptors (Lipinski definition) is 4. The number of para-hydroxylation sites is 1. The first kappa shape index (κ1) is 20.9. The van der Waals surface area contributed by atoms with E-state index in [0.29, 0.717) is 28.7 Å². The highest BCUT2D eigenvalue weighted by molar-refractivity contribution is 9.10. The van der Waals surface area contributed by atoms with Gasteiger partial charge in [-0.1, -0.05) is 51.8 Å². The zero-order valence-corrected chi connectivity index (χ0v) is 17.9. The lowest BCUT2D eigenvalue weighted by Crippen LogP contribution is -2.18. The molecular formula is C22H18BrClN2O3. The minimum atomic E-state index is -0.373. The molecule has 5 nitrogen and oxygen atoms in total. The maximum atomic E-state index is 12.6. The summed E-state index contributed by atoms with van der Waals surface area (Å²) in [6, 6.07) is 19.9. The van der Waals surface area contributed by atoms with Crippen LogP contribution in [-0.2, 0) is 6.61 Å². The van der Waals surface area contributed by atoms with Crippen LogP contribution in [0.4, 0.5) is 0 Å². The highest BCUT2D eigenvalue weighted by Crippen LogP contribution is 2.22. The Morgan fingerprint density at radius 2 is 1.86 bits per heavy atom. The molecule has 0 radical (unpaired) electrons. The molecule has 0 saturated heterocycles. The number of nitrogens with one attached hydrogen (secondary N) is 1. The molecule has 0 atom stereocenters. The molecule has 0 unspecified atom stereocenters. The second-order valence-corrected chi connectivity index (χ2v) is 7.35. The number of methoxy groups -OCH3 is 1. The normalized spacial score (nSPS) is 10.7. The Kier molecular flexibility index (Phi) is 7.27. The third kappa shape index (κ3) is 5.82. The second kappa shape index (κ2) is 10.1. The number of carbonyl (C=O) groups excluding carboxylic acids is 1. The van der Waals surface area contributed by atoms with Crippen LogP contribution < -0.4 is 14.9 Å². The lowest BCUT2D eigenvalue weighted by Gasteiger charge is -2.10. The van der Waals surface area contributed by atoms with Crippen LogP contribution in [0.1, 0.15) is 21.5 Å². The predicted molar refractivity (Wildman–Crippen MR) is 118 cm³/mol. The number of benzene rings is 3. The molecule has 0 bridgehead atoms. The molecule has 0 aromatic heterocycles.